The van der Waals surface area contributed by atoms with Crippen LogP contribution in [-0.4, -0.2) is 29.0 Å². The minimum absolute atomic E-state index is 0.00495. The quantitative estimate of drug-likeness (QED) is 0.751. The monoisotopic (exact) mass is 309 g/mol. The summed E-state index contributed by atoms with van der Waals surface area (Å²) in [7, 11) is 0. The molecule has 0 saturated heterocycles. The van der Waals surface area contributed by atoms with Crippen LogP contribution in [0.5, 0.6) is 5.75 Å². The van der Waals surface area contributed by atoms with E-state index < -0.39 is 0 Å². The number of aromatic nitrogens is 1. The molecule has 0 aliphatic heterocycles. The van der Waals surface area contributed by atoms with Crippen molar-refractivity contribution in [3.63, 3.8) is 0 Å². The van der Waals surface area contributed by atoms with Gasteiger partial charge in [0, 0.05) is 5.75 Å². The Balaban J connectivity index is 1.60. The maximum absolute atomic E-state index is 5.97. The largest absolute Gasteiger partial charge is 0.492 e. The molecule has 21 heavy (non-hydrogen) atoms. The topological polar surface area (TPSA) is 31.4 Å². The molecule has 1 fully saturated rings. The zero-order valence-corrected chi connectivity index (χ0v) is 14.4. The summed E-state index contributed by atoms with van der Waals surface area (Å²) in [6.45, 7) is 9.07. The highest BCUT2D eigenvalue weighted by Gasteiger charge is 2.32. The second-order valence-corrected chi connectivity index (χ2v) is 7.65. The van der Waals surface area contributed by atoms with E-state index in [0.717, 1.165) is 23.1 Å². The summed E-state index contributed by atoms with van der Waals surface area (Å²) in [6.07, 6.45) is 4.71. The van der Waals surface area contributed by atoms with Crippen LogP contribution in [0.15, 0.2) is 18.3 Å². The van der Waals surface area contributed by atoms with Gasteiger partial charge in [-0.3, -0.25) is 4.98 Å². The third-order valence-corrected chi connectivity index (χ3v) is 4.63. The van der Waals surface area contributed by atoms with Gasteiger partial charge in [0.15, 0.2) is 0 Å². The first-order valence-electron chi connectivity index (χ1n) is 7.79. The first-order chi connectivity index (χ1) is 9.96. The van der Waals surface area contributed by atoms with Crippen LogP contribution >= 0.6 is 11.8 Å². The third-order valence-electron chi connectivity index (χ3n) is 3.42. The molecule has 118 valence electrons. The highest BCUT2D eigenvalue weighted by molar-refractivity contribution is 7.98. The Labute approximate surface area is 132 Å². The van der Waals surface area contributed by atoms with Crippen molar-refractivity contribution in [2.75, 3.05) is 12.4 Å². The van der Waals surface area contributed by atoms with Gasteiger partial charge in [0.2, 0.25) is 0 Å². The lowest BCUT2D eigenvalue weighted by Crippen LogP contribution is -2.38. The van der Waals surface area contributed by atoms with Crippen LogP contribution in [0.3, 0.4) is 0 Å². The summed E-state index contributed by atoms with van der Waals surface area (Å²) in [5.74, 6) is 3.85. The van der Waals surface area contributed by atoms with E-state index in [1.165, 1.54) is 18.6 Å². The molecule has 0 aromatic carbocycles. The van der Waals surface area contributed by atoms with E-state index in [9.17, 15) is 0 Å². The predicted molar refractivity (Wildman–Crippen MR) is 88.9 cm³/mol. The molecule has 1 saturated carbocycles. The summed E-state index contributed by atoms with van der Waals surface area (Å²) in [5, 5.41) is 0. The summed E-state index contributed by atoms with van der Waals surface area (Å²) in [5.41, 5.74) is 1.12. The number of nitrogens with zero attached hydrogens (tertiary/aromatic N) is 1. The average Bonchev–Trinajstić information content (AvgIpc) is 2.36. The second-order valence-electron chi connectivity index (χ2n) is 6.62. The molecule has 2 rings (SSSR count). The van der Waals surface area contributed by atoms with E-state index >= 15 is 0 Å². The fourth-order valence-electron chi connectivity index (χ4n) is 2.49. The predicted octanol–water partition coefficient (Wildman–Crippen LogP) is 4.31. The third kappa shape index (κ3) is 5.87. The number of hydrogen-bond donors (Lipinski definition) is 0. The molecule has 4 heteroatoms. The summed E-state index contributed by atoms with van der Waals surface area (Å²) < 4.78 is 11.4. The van der Waals surface area contributed by atoms with Crippen LogP contribution in [0.1, 0.15) is 46.2 Å². The van der Waals surface area contributed by atoms with Crippen LogP contribution < -0.4 is 4.74 Å². The molecule has 0 N–H and O–H groups in total. The van der Waals surface area contributed by atoms with Gasteiger partial charge in [0.25, 0.3) is 0 Å². The van der Waals surface area contributed by atoms with Gasteiger partial charge in [0.1, 0.15) is 5.75 Å². The van der Waals surface area contributed by atoms with Gasteiger partial charge < -0.3 is 9.47 Å². The zero-order valence-electron chi connectivity index (χ0n) is 13.6. The first-order valence-corrected chi connectivity index (χ1v) is 8.95. The van der Waals surface area contributed by atoms with Gasteiger partial charge in [-0.2, -0.15) is 11.8 Å². The normalized spacial score (nSPS) is 21.9. The molecule has 1 aromatic heterocycles. The van der Waals surface area contributed by atoms with Gasteiger partial charge in [-0.15, -0.1) is 0 Å². The van der Waals surface area contributed by atoms with Crippen LogP contribution in [0.2, 0.25) is 0 Å². The fourth-order valence-corrected chi connectivity index (χ4v) is 3.59. The van der Waals surface area contributed by atoms with Crippen molar-refractivity contribution in [1.82, 2.24) is 4.98 Å². The van der Waals surface area contributed by atoms with Crippen LogP contribution in [0.25, 0.3) is 0 Å². The smallest absolute Gasteiger partial charge is 0.137 e. The van der Waals surface area contributed by atoms with E-state index in [2.05, 4.69) is 31.8 Å². The van der Waals surface area contributed by atoms with E-state index in [-0.39, 0.29) is 5.60 Å². The SMILES string of the molecule is CCOc1ccc(CSCC2CC(OC(C)(C)C)C2)nc1. The van der Waals surface area contributed by atoms with Crippen molar-refractivity contribution < 1.29 is 9.47 Å². The lowest BCUT2D eigenvalue weighted by molar-refractivity contribution is -0.108. The lowest BCUT2D eigenvalue weighted by Gasteiger charge is -2.39. The van der Waals surface area contributed by atoms with Crippen molar-refractivity contribution in [3.05, 3.63) is 24.0 Å². The first kappa shape index (κ1) is 16.6. The number of ether oxygens (including phenoxy) is 2. The highest BCUT2D eigenvalue weighted by atomic mass is 32.2. The fraction of sp³-hybridized carbons (Fsp3) is 0.706. The molecule has 0 amide bonds. The maximum Gasteiger partial charge on any atom is 0.137 e. The number of hydrogen-bond acceptors (Lipinski definition) is 4. The summed E-state index contributed by atoms with van der Waals surface area (Å²) in [6, 6.07) is 4.06. The lowest BCUT2D eigenvalue weighted by atomic mass is 9.83. The molecule has 1 aliphatic rings. The van der Waals surface area contributed by atoms with Crippen LogP contribution in [-0.2, 0) is 10.5 Å². The molecule has 1 heterocycles. The standard InChI is InChI=1S/C17H27NO2S/c1-5-19-15-7-6-14(18-10-15)12-21-11-13-8-16(9-13)20-17(2,3)4/h6-7,10,13,16H,5,8-9,11-12H2,1-4H3. The molecule has 0 unspecified atom stereocenters. The van der Waals surface area contributed by atoms with Gasteiger partial charge in [-0.25, -0.2) is 0 Å². The second kappa shape index (κ2) is 7.50. The van der Waals surface area contributed by atoms with Crippen molar-refractivity contribution in [1.29, 1.82) is 0 Å². The minimum atomic E-state index is -0.00495. The van der Waals surface area contributed by atoms with E-state index in [1.54, 1.807) is 0 Å². The highest BCUT2D eigenvalue weighted by Crippen LogP contribution is 2.35. The molecule has 0 spiro atoms. The summed E-state index contributed by atoms with van der Waals surface area (Å²) >= 11 is 1.97. The molecule has 3 nitrogen and oxygen atoms in total. The number of pyridine rings is 1. The Kier molecular flexibility index (Phi) is 5.94. The molecule has 1 aliphatic carbocycles. The minimum Gasteiger partial charge on any atom is -0.492 e. The Morgan fingerprint density at radius 1 is 1.29 bits per heavy atom. The molecule has 0 radical (unpaired) electrons. The average molecular weight is 309 g/mol. The zero-order chi connectivity index (χ0) is 15.3. The molecular weight excluding hydrogens is 282 g/mol. The van der Waals surface area contributed by atoms with Crippen molar-refractivity contribution >= 4 is 11.8 Å². The Morgan fingerprint density at radius 3 is 2.62 bits per heavy atom. The van der Waals surface area contributed by atoms with Crippen LogP contribution in [0.4, 0.5) is 0 Å². The summed E-state index contributed by atoms with van der Waals surface area (Å²) in [4.78, 5) is 4.43. The molecule has 1 aromatic rings. The Hall–Kier alpha value is -0.740. The van der Waals surface area contributed by atoms with E-state index in [4.69, 9.17) is 9.47 Å². The van der Waals surface area contributed by atoms with Gasteiger partial charge >= 0.3 is 0 Å². The molecular formula is C17H27NO2S. The number of thioether (sulfide) groups is 1. The van der Waals surface area contributed by atoms with E-state index in [0.29, 0.717) is 12.7 Å². The van der Waals surface area contributed by atoms with Crippen molar-refractivity contribution in [2.45, 2.75) is 58.0 Å². The van der Waals surface area contributed by atoms with Crippen molar-refractivity contribution in [2.24, 2.45) is 5.92 Å². The van der Waals surface area contributed by atoms with E-state index in [1.807, 2.05) is 30.9 Å². The van der Waals surface area contributed by atoms with Gasteiger partial charge in [-0.1, -0.05) is 0 Å². The molecule has 0 bridgehead atoms. The Morgan fingerprint density at radius 2 is 2.05 bits per heavy atom. The number of rotatable bonds is 7. The van der Waals surface area contributed by atoms with Gasteiger partial charge in [0.05, 0.1) is 30.2 Å². The molecule has 0 atom stereocenters. The Bertz CT molecular complexity index is 421. The maximum atomic E-state index is 5.97. The van der Waals surface area contributed by atoms with Crippen molar-refractivity contribution in [3.8, 4) is 5.75 Å². The van der Waals surface area contributed by atoms with Gasteiger partial charge in [-0.05, 0) is 64.3 Å². The van der Waals surface area contributed by atoms with Crippen LogP contribution in [0, 0.1) is 5.92 Å².